The van der Waals surface area contributed by atoms with E-state index >= 15 is 0 Å². The number of halogens is 5. The minimum Gasteiger partial charge on any atom is -0.488 e. The summed E-state index contributed by atoms with van der Waals surface area (Å²) in [6.07, 6.45) is -7.11. The van der Waals surface area contributed by atoms with Crippen molar-refractivity contribution in [3.63, 3.8) is 0 Å². The first-order valence-corrected chi connectivity index (χ1v) is 7.06. The Hall–Kier alpha value is -2.10. The number of ether oxygens (including phenoxy) is 1. The zero-order valence-electron chi connectivity index (χ0n) is 11.2. The third-order valence-electron chi connectivity index (χ3n) is 3.27. The Morgan fingerprint density at radius 1 is 1.43 bits per heavy atom. The topological polar surface area (TPSA) is 70.1 Å². The molecule has 0 aliphatic carbocycles. The van der Waals surface area contributed by atoms with E-state index in [0.29, 0.717) is 4.47 Å². The summed E-state index contributed by atoms with van der Waals surface area (Å²) in [6, 6.07) is 4.45. The Morgan fingerprint density at radius 2 is 2.13 bits per heavy atom. The molecule has 2 aromatic rings. The van der Waals surface area contributed by atoms with Crippen molar-refractivity contribution in [3.8, 4) is 11.4 Å². The smallest absolute Gasteiger partial charge is 0.420 e. The molecule has 1 unspecified atom stereocenters. The number of hydrogen-bond acceptors (Lipinski definition) is 3. The van der Waals surface area contributed by atoms with Gasteiger partial charge in [0.15, 0.2) is 11.9 Å². The monoisotopic (exact) mass is 393 g/mol. The molecular weight excluding hydrogens is 386 g/mol. The summed E-state index contributed by atoms with van der Waals surface area (Å²) >= 11 is 3.17. The summed E-state index contributed by atoms with van der Waals surface area (Å²) in [5, 5.41) is 3.59. The molecule has 0 fully saturated rings. The first-order valence-electron chi connectivity index (χ1n) is 6.27. The fraction of sp³-hybridized carbons (Fsp3) is 0.231. The normalized spacial score (nSPS) is 17.0. The second kappa shape index (κ2) is 5.22. The fourth-order valence-electron chi connectivity index (χ4n) is 2.38. The van der Waals surface area contributed by atoms with Gasteiger partial charge in [0.2, 0.25) is 0 Å². The molecule has 5 nitrogen and oxygen atoms in total. The van der Waals surface area contributed by atoms with Crippen LogP contribution in [-0.2, 0) is 6.18 Å². The van der Waals surface area contributed by atoms with Gasteiger partial charge in [-0.3, -0.25) is 4.79 Å². The van der Waals surface area contributed by atoms with Crippen molar-refractivity contribution in [3.05, 3.63) is 39.6 Å². The quantitative estimate of drug-likeness (QED) is 0.756. The van der Waals surface area contributed by atoms with Crippen LogP contribution in [0, 0.1) is 0 Å². The number of nitrogens with zero attached hydrogens (tertiary/aromatic N) is 2. The van der Waals surface area contributed by atoms with Crippen molar-refractivity contribution in [2.75, 3.05) is 6.61 Å². The summed E-state index contributed by atoms with van der Waals surface area (Å²) in [6.45, 7) is -0.637. The Bertz CT molecular complexity index is 803. The van der Waals surface area contributed by atoms with E-state index in [0.717, 1.165) is 4.68 Å². The molecule has 2 heterocycles. The third kappa shape index (κ3) is 2.56. The highest BCUT2D eigenvalue weighted by atomic mass is 79.9. The van der Waals surface area contributed by atoms with Crippen LogP contribution < -0.4 is 10.5 Å². The summed E-state index contributed by atoms with van der Waals surface area (Å²) < 4.78 is 60.7. The van der Waals surface area contributed by atoms with Crippen LogP contribution in [-0.4, -0.2) is 22.3 Å². The van der Waals surface area contributed by atoms with Gasteiger partial charge >= 0.3 is 6.18 Å². The van der Waals surface area contributed by atoms with E-state index in [1.807, 2.05) is 0 Å². The Kier molecular flexibility index (Phi) is 3.58. The highest BCUT2D eigenvalue weighted by molar-refractivity contribution is 9.10. The van der Waals surface area contributed by atoms with Crippen molar-refractivity contribution in [2.45, 2.75) is 12.3 Å². The molecule has 1 aromatic carbocycles. The molecule has 0 saturated carbocycles. The molecule has 1 atom stereocenters. The number of benzene rings is 1. The Labute approximate surface area is 135 Å². The van der Waals surface area contributed by atoms with E-state index in [2.05, 4.69) is 21.0 Å². The maximum Gasteiger partial charge on any atom is 0.420 e. The van der Waals surface area contributed by atoms with E-state index in [9.17, 15) is 22.4 Å². The predicted octanol–water partition coefficient (Wildman–Crippen LogP) is 3.16. The van der Waals surface area contributed by atoms with Gasteiger partial charge in [0.05, 0.1) is 5.69 Å². The van der Waals surface area contributed by atoms with Gasteiger partial charge in [0.25, 0.3) is 5.91 Å². The molecule has 0 spiro atoms. The highest BCUT2D eigenvalue weighted by Crippen LogP contribution is 2.42. The largest absolute Gasteiger partial charge is 0.488 e. The molecule has 0 saturated heterocycles. The molecule has 3 rings (SSSR count). The number of fused-ring (bicyclic) bond motifs is 3. The van der Waals surface area contributed by atoms with Crippen LogP contribution in [0.2, 0.25) is 0 Å². The summed E-state index contributed by atoms with van der Waals surface area (Å²) in [4.78, 5) is 11.3. The first kappa shape index (κ1) is 15.8. The van der Waals surface area contributed by atoms with E-state index in [-0.39, 0.29) is 11.4 Å². The molecule has 1 amide bonds. The number of amides is 1. The van der Waals surface area contributed by atoms with Crippen molar-refractivity contribution >= 4 is 21.8 Å². The van der Waals surface area contributed by atoms with E-state index in [4.69, 9.17) is 10.5 Å². The van der Waals surface area contributed by atoms with Crippen LogP contribution in [0.15, 0.2) is 22.7 Å². The van der Waals surface area contributed by atoms with Gasteiger partial charge in [0.1, 0.15) is 23.6 Å². The van der Waals surface area contributed by atoms with Gasteiger partial charge in [0, 0.05) is 4.47 Å². The number of alkyl halides is 4. The highest BCUT2D eigenvalue weighted by Gasteiger charge is 2.45. The zero-order valence-corrected chi connectivity index (χ0v) is 12.8. The van der Waals surface area contributed by atoms with Crippen LogP contribution in [0.5, 0.6) is 5.75 Å². The van der Waals surface area contributed by atoms with E-state index < -0.39 is 41.8 Å². The van der Waals surface area contributed by atoms with Gasteiger partial charge in [-0.2, -0.15) is 18.3 Å². The minimum atomic E-state index is -4.99. The van der Waals surface area contributed by atoms with Gasteiger partial charge in [-0.25, -0.2) is 9.07 Å². The molecule has 23 heavy (non-hydrogen) atoms. The molecule has 1 aromatic heterocycles. The summed E-state index contributed by atoms with van der Waals surface area (Å²) in [7, 11) is 0. The maximum absolute atomic E-state index is 14.3. The number of carbonyl (C=O) groups excluding carboxylic acids is 1. The fourth-order valence-corrected chi connectivity index (χ4v) is 2.72. The second-order valence-corrected chi connectivity index (χ2v) is 5.69. The van der Waals surface area contributed by atoms with Gasteiger partial charge < -0.3 is 10.5 Å². The van der Waals surface area contributed by atoms with Crippen LogP contribution >= 0.6 is 15.9 Å². The molecule has 1 aliphatic rings. The van der Waals surface area contributed by atoms with Crippen molar-refractivity contribution < 1.29 is 27.1 Å². The number of rotatable bonds is 1. The molecule has 10 heteroatoms. The number of carbonyl (C=O) groups is 1. The van der Waals surface area contributed by atoms with Crippen LogP contribution in [0.1, 0.15) is 27.9 Å². The lowest BCUT2D eigenvalue weighted by Crippen LogP contribution is -2.20. The number of primary amides is 1. The van der Waals surface area contributed by atoms with E-state index in [1.54, 1.807) is 6.07 Å². The average molecular weight is 394 g/mol. The van der Waals surface area contributed by atoms with Gasteiger partial charge in [-0.15, -0.1) is 0 Å². The SMILES string of the molecule is NC(=O)c1nn2c(c1C(F)(F)F)C(F)COc1ccc(Br)cc1-2. The van der Waals surface area contributed by atoms with Gasteiger partial charge in [-0.05, 0) is 18.2 Å². The Balaban J connectivity index is 2.39. The van der Waals surface area contributed by atoms with Crippen LogP contribution in [0.3, 0.4) is 0 Å². The van der Waals surface area contributed by atoms with Gasteiger partial charge in [-0.1, -0.05) is 15.9 Å². The van der Waals surface area contributed by atoms with Crippen molar-refractivity contribution in [1.82, 2.24) is 9.78 Å². The average Bonchev–Trinajstić information content (AvgIpc) is 2.81. The number of aromatic nitrogens is 2. The minimum absolute atomic E-state index is 0.0764. The predicted molar refractivity (Wildman–Crippen MR) is 74.1 cm³/mol. The standard InChI is InChI=1S/C13H8BrF4N3O2/c14-5-1-2-8-7(3-5)21-11(6(15)4-23-8)9(13(16,17)18)10(20-21)12(19)22/h1-3,6H,4H2,(H2,19,22). The molecular formula is C13H8BrF4N3O2. The van der Waals surface area contributed by atoms with E-state index in [1.165, 1.54) is 12.1 Å². The Morgan fingerprint density at radius 3 is 2.74 bits per heavy atom. The summed E-state index contributed by atoms with van der Waals surface area (Å²) in [5.41, 5.74) is 1.75. The van der Waals surface area contributed by atoms with Crippen molar-refractivity contribution in [2.24, 2.45) is 5.73 Å². The molecule has 2 N–H and O–H groups in total. The molecule has 122 valence electrons. The zero-order chi connectivity index (χ0) is 16.9. The number of hydrogen-bond donors (Lipinski definition) is 1. The molecule has 1 aliphatic heterocycles. The lowest BCUT2D eigenvalue weighted by molar-refractivity contribution is -0.139. The molecule has 0 radical (unpaired) electrons. The number of nitrogens with two attached hydrogens (primary N) is 1. The maximum atomic E-state index is 14.3. The second-order valence-electron chi connectivity index (χ2n) is 4.77. The molecule has 0 bridgehead atoms. The summed E-state index contributed by atoms with van der Waals surface area (Å²) in [5.74, 6) is -1.25. The third-order valence-corrected chi connectivity index (χ3v) is 3.76. The van der Waals surface area contributed by atoms with Crippen LogP contribution in [0.4, 0.5) is 17.6 Å². The lowest BCUT2D eigenvalue weighted by atomic mass is 10.1. The lowest BCUT2D eigenvalue weighted by Gasteiger charge is -2.11. The van der Waals surface area contributed by atoms with Crippen LogP contribution in [0.25, 0.3) is 5.69 Å². The van der Waals surface area contributed by atoms with Crippen molar-refractivity contribution in [1.29, 1.82) is 0 Å². The first-order chi connectivity index (χ1) is 10.7.